The van der Waals surface area contributed by atoms with E-state index in [1.807, 2.05) is 9.80 Å². The van der Waals surface area contributed by atoms with Crippen LogP contribution in [0.1, 0.15) is 31.9 Å². The van der Waals surface area contributed by atoms with Crippen LogP contribution in [-0.4, -0.2) is 75.5 Å². The van der Waals surface area contributed by atoms with E-state index >= 15 is 0 Å². The molecule has 0 radical (unpaired) electrons. The van der Waals surface area contributed by atoms with Gasteiger partial charge in [0, 0.05) is 32.1 Å². The van der Waals surface area contributed by atoms with Gasteiger partial charge in [0.2, 0.25) is 0 Å². The molecule has 2 aliphatic heterocycles. The highest BCUT2D eigenvalue weighted by atomic mass is 79.9. The van der Waals surface area contributed by atoms with Gasteiger partial charge in [0.05, 0.1) is 25.2 Å². The Morgan fingerprint density at radius 1 is 1.14 bits per heavy atom. The van der Waals surface area contributed by atoms with Crippen molar-refractivity contribution in [2.45, 2.75) is 50.6 Å². The number of aromatic nitrogens is 4. The molecule has 2 aromatic rings. The first-order valence-corrected chi connectivity index (χ1v) is 11.9. The summed E-state index contributed by atoms with van der Waals surface area (Å²) in [6.45, 7) is 3.63. The molecule has 14 heteroatoms. The Hall–Kier alpha value is -2.74. The molecule has 2 aliphatic rings. The van der Waals surface area contributed by atoms with Crippen LogP contribution < -0.4 is 15.2 Å². The van der Waals surface area contributed by atoms with Gasteiger partial charge in [-0.3, -0.25) is 9.59 Å². The van der Waals surface area contributed by atoms with E-state index in [-0.39, 0.29) is 28.8 Å². The molecule has 2 aromatic heterocycles. The first kappa shape index (κ1) is 25.4. The van der Waals surface area contributed by atoms with Crippen molar-refractivity contribution in [3.8, 4) is 5.75 Å². The number of carbonyl (C=O) groups is 1. The minimum Gasteiger partial charge on any atom is -0.485 e. The molecule has 1 amide bonds. The predicted octanol–water partition coefficient (Wildman–Crippen LogP) is 2.39. The molecule has 0 spiro atoms. The Morgan fingerprint density at radius 2 is 1.89 bits per heavy atom. The zero-order valence-corrected chi connectivity index (χ0v) is 20.4. The van der Waals surface area contributed by atoms with Crippen LogP contribution in [0.25, 0.3) is 0 Å². The smallest absolute Gasteiger partial charge is 0.434 e. The van der Waals surface area contributed by atoms with Crippen molar-refractivity contribution >= 4 is 27.7 Å². The number of ether oxygens (including phenoxy) is 2. The van der Waals surface area contributed by atoms with Gasteiger partial charge in [0.1, 0.15) is 22.5 Å². The average molecular weight is 561 g/mol. The number of alkyl halides is 3. The van der Waals surface area contributed by atoms with Crippen LogP contribution in [0.2, 0.25) is 0 Å². The molecule has 0 aromatic carbocycles. The van der Waals surface area contributed by atoms with Crippen LogP contribution in [0.4, 0.5) is 19.0 Å². The van der Waals surface area contributed by atoms with Gasteiger partial charge < -0.3 is 19.3 Å². The standard InChI is InChI=1S/C21H24BrF3N6O4/c1-12(35-15-8-28-29-19(32)18(15)22)11-34-14-4-7-31(20(14)33)13-2-5-30(6-3-13)17-10-26-16(9-27-17)21(23,24)25/h8-10,12-14H,2-7,11H2,1H3,(H,29,32)/t12-,14+/m0/s1. The fraction of sp³-hybridized carbons (Fsp3) is 0.571. The molecule has 4 rings (SSSR count). The van der Waals surface area contributed by atoms with Crippen molar-refractivity contribution < 1.29 is 27.4 Å². The second-order valence-corrected chi connectivity index (χ2v) is 9.22. The fourth-order valence-electron chi connectivity index (χ4n) is 4.18. The summed E-state index contributed by atoms with van der Waals surface area (Å²) in [5.74, 6) is 0.597. The molecule has 2 fully saturated rings. The van der Waals surface area contributed by atoms with E-state index in [9.17, 15) is 22.8 Å². The largest absolute Gasteiger partial charge is 0.485 e. The summed E-state index contributed by atoms with van der Waals surface area (Å²) >= 11 is 3.15. The Labute approximate surface area is 207 Å². The number of amides is 1. The molecule has 0 unspecified atom stereocenters. The summed E-state index contributed by atoms with van der Waals surface area (Å²) in [6.07, 6.45) is -0.342. The molecule has 35 heavy (non-hydrogen) atoms. The Balaban J connectivity index is 1.24. The van der Waals surface area contributed by atoms with E-state index in [0.717, 1.165) is 12.4 Å². The maximum atomic E-state index is 12.9. The highest BCUT2D eigenvalue weighted by Gasteiger charge is 2.38. The van der Waals surface area contributed by atoms with Crippen molar-refractivity contribution in [2.24, 2.45) is 0 Å². The summed E-state index contributed by atoms with van der Waals surface area (Å²) < 4.78 is 49.8. The molecule has 2 saturated heterocycles. The number of nitrogens with zero attached hydrogens (tertiary/aromatic N) is 5. The molecular formula is C21H24BrF3N6O4. The lowest BCUT2D eigenvalue weighted by Gasteiger charge is -2.37. The van der Waals surface area contributed by atoms with Gasteiger partial charge in [-0.2, -0.15) is 18.3 Å². The summed E-state index contributed by atoms with van der Waals surface area (Å²) in [6, 6.07) is 0.0292. The number of hydrogen-bond acceptors (Lipinski definition) is 8. The van der Waals surface area contributed by atoms with Crippen molar-refractivity contribution in [3.05, 3.63) is 39.1 Å². The maximum Gasteiger partial charge on any atom is 0.434 e. The Bertz CT molecular complexity index is 1090. The maximum absolute atomic E-state index is 12.9. The molecule has 1 N–H and O–H groups in total. The van der Waals surface area contributed by atoms with Gasteiger partial charge in [-0.1, -0.05) is 0 Å². The Kier molecular flexibility index (Phi) is 7.59. The normalized spacial score (nSPS) is 20.4. The first-order chi connectivity index (χ1) is 16.6. The quantitative estimate of drug-likeness (QED) is 0.549. The third-order valence-electron chi connectivity index (χ3n) is 5.97. The molecule has 0 bridgehead atoms. The summed E-state index contributed by atoms with van der Waals surface area (Å²) in [5.41, 5.74) is -1.43. The number of aromatic amines is 1. The molecule has 0 saturated carbocycles. The summed E-state index contributed by atoms with van der Waals surface area (Å²) in [5, 5.41) is 5.98. The topological polar surface area (TPSA) is 114 Å². The van der Waals surface area contributed by atoms with Crippen LogP contribution in [0, 0.1) is 0 Å². The predicted molar refractivity (Wildman–Crippen MR) is 121 cm³/mol. The van der Waals surface area contributed by atoms with Crippen molar-refractivity contribution in [2.75, 3.05) is 31.1 Å². The lowest BCUT2D eigenvalue weighted by molar-refractivity contribution is -0.141. The number of H-pyrrole nitrogens is 1. The molecule has 10 nitrogen and oxygen atoms in total. The van der Waals surface area contributed by atoms with E-state index in [1.165, 1.54) is 6.20 Å². The first-order valence-electron chi connectivity index (χ1n) is 11.1. The van der Waals surface area contributed by atoms with Gasteiger partial charge in [0.25, 0.3) is 11.5 Å². The number of hydrogen-bond donors (Lipinski definition) is 1. The zero-order chi connectivity index (χ0) is 25.2. The van der Waals surface area contributed by atoms with E-state index in [4.69, 9.17) is 9.47 Å². The number of nitrogens with one attached hydrogen (secondary N) is 1. The molecule has 0 aliphatic carbocycles. The van der Waals surface area contributed by atoms with Gasteiger partial charge in [-0.15, -0.1) is 0 Å². The monoisotopic (exact) mass is 560 g/mol. The SMILES string of the molecule is C[C@@H](CO[C@@H]1CCN(C2CCN(c3cnc(C(F)(F)F)cn3)CC2)C1=O)Oc1cn[nH]c(=O)c1Br. The highest BCUT2D eigenvalue weighted by molar-refractivity contribution is 9.10. The number of halogens is 4. The van der Waals surface area contributed by atoms with E-state index in [0.29, 0.717) is 44.7 Å². The minimum atomic E-state index is -4.52. The van der Waals surface area contributed by atoms with Gasteiger partial charge in [-0.25, -0.2) is 15.1 Å². The highest BCUT2D eigenvalue weighted by Crippen LogP contribution is 2.29. The van der Waals surface area contributed by atoms with Crippen molar-refractivity contribution in [1.82, 2.24) is 25.1 Å². The van der Waals surface area contributed by atoms with E-state index in [1.54, 1.807) is 6.92 Å². The van der Waals surface area contributed by atoms with Gasteiger partial charge in [0.15, 0.2) is 11.4 Å². The second-order valence-electron chi connectivity index (χ2n) is 8.42. The van der Waals surface area contributed by atoms with Gasteiger partial charge in [-0.05, 0) is 35.7 Å². The number of likely N-dealkylation sites (tertiary alicyclic amines) is 1. The number of piperidine rings is 1. The van der Waals surface area contributed by atoms with E-state index in [2.05, 4.69) is 36.1 Å². The van der Waals surface area contributed by atoms with E-state index < -0.39 is 29.6 Å². The third-order valence-corrected chi connectivity index (χ3v) is 6.72. The number of rotatable bonds is 7. The molecule has 4 heterocycles. The number of anilines is 1. The van der Waals surface area contributed by atoms with Gasteiger partial charge >= 0.3 is 6.18 Å². The average Bonchev–Trinajstić information content (AvgIpc) is 3.20. The van der Waals surface area contributed by atoms with Crippen molar-refractivity contribution in [1.29, 1.82) is 0 Å². The second kappa shape index (κ2) is 10.5. The molecule has 190 valence electrons. The van der Waals surface area contributed by atoms with Crippen LogP contribution in [0.3, 0.4) is 0 Å². The Morgan fingerprint density at radius 3 is 2.54 bits per heavy atom. The van der Waals surface area contributed by atoms with Crippen LogP contribution >= 0.6 is 15.9 Å². The molecule has 2 atom stereocenters. The van der Waals surface area contributed by atoms with Crippen LogP contribution in [0.15, 0.2) is 27.9 Å². The number of carbonyl (C=O) groups excluding carboxylic acids is 1. The minimum absolute atomic E-state index is 0.0292. The van der Waals surface area contributed by atoms with Crippen LogP contribution in [0.5, 0.6) is 5.75 Å². The third kappa shape index (κ3) is 5.92. The molecular weight excluding hydrogens is 537 g/mol. The van der Waals surface area contributed by atoms with Crippen LogP contribution in [-0.2, 0) is 15.7 Å². The summed E-state index contributed by atoms with van der Waals surface area (Å²) in [4.78, 5) is 35.6. The lowest BCUT2D eigenvalue weighted by Crippen LogP contribution is -2.47. The lowest BCUT2D eigenvalue weighted by atomic mass is 10.0. The zero-order valence-electron chi connectivity index (χ0n) is 18.8. The van der Waals surface area contributed by atoms with Crippen molar-refractivity contribution in [3.63, 3.8) is 0 Å². The fourth-order valence-corrected chi connectivity index (χ4v) is 4.47. The summed E-state index contributed by atoms with van der Waals surface area (Å²) in [7, 11) is 0.